The van der Waals surface area contributed by atoms with Crippen molar-refractivity contribution in [3.8, 4) is 11.8 Å². The number of sulfonamides is 1. The van der Waals surface area contributed by atoms with Gasteiger partial charge in [0.25, 0.3) is 0 Å². The number of nitrogens with two attached hydrogens (primary N) is 1. The maximum atomic E-state index is 12.8. The van der Waals surface area contributed by atoms with E-state index in [1.807, 2.05) is 0 Å². The van der Waals surface area contributed by atoms with E-state index in [-0.39, 0.29) is 6.54 Å². The standard InChI is InChI=1S/C15H20N2O2S/c16-11-7-9-14-8-3-4-10-15(14)20(18,19)17-12-5-1-2-6-13-17/h3-4,8,10H,1-2,5-6,11-13,16H2. The zero-order chi connectivity index (χ0) is 14.4. The summed E-state index contributed by atoms with van der Waals surface area (Å²) in [5, 5.41) is 0. The zero-order valence-electron chi connectivity index (χ0n) is 11.5. The molecular formula is C15H20N2O2S. The first kappa shape index (κ1) is 15.0. The van der Waals surface area contributed by atoms with Crippen molar-refractivity contribution in [2.75, 3.05) is 19.6 Å². The average molecular weight is 292 g/mol. The molecule has 2 rings (SSSR count). The highest BCUT2D eigenvalue weighted by Crippen LogP contribution is 2.22. The van der Waals surface area contributed by atoms with Crippen molar-refractivity contribution in [3.05, 3.63) is 29.8 Å². The summed E-state index contributed by atoms with van der Waals surface area (Å²) in [6.45, 7) is 1.42. The Labute approximate surface area is 121 Å². The Bertz CT molecular complexity index is 606. The Hall–Kier alpha value is -1.35. The molecule has 108 valence electrons. The predicted octanol–water partition coefficient (Wildman–Crippen LogP) is 1.56. The van der Waals surface area contributed by atoms with Gasteiger partial charge in [-0.3, -0.25) is 0 Å². The third-order valence-electron chi connectivity index (χ3n) is 3.40. The Morgan fingerprint density at radius 2 is 1.75 bits per heavy atom. The van der Waals surface area contributed by atoms with Gasteiger partial charge in [0.05, 0.1) is 11.4 Å². The summed E-state index contributed by atoms with van der Waals surface area (Å²) in [6.07, 6.45) is 4.05. The van der Waals surface area contributed by atoms with E-state index in [9.17, 15) is 8.42 Å². The van der Waals surface area contributed by atoms with Crippen LogP contribution in [0.1, 0.15) is 31.2 Å². The molecule has 0 amide bonds. The second-order valence-corrected chi connectivity index (χ2v) is 6.73. The molecule has 1 aliphatic rings. The van der Waals surface area contributed by atoms with Crippen LogP contribution in [0.4, 0.5) is 0 Å². The quantitative estimate of drug-likeness (QED) is 0.841. The lowest BCUT2D eigenvalue weighted by Gasteiger charge is -2.20. The van der Waals surface area contributed by atoms with Gasteiger partial charge in [-0.25, -0.2) is 8.42 Å². The largest absolute Gasteiger partial charge is 0.320 e. The van der Waals surface area contributed by atoms with Crippen molar-refractivity contribution in [3.63, 3.8) is 0 Å². The minimum Gasteiger partial charge on any atom is -0.320 e. The molecule has 5 heteroatoms. The zero-order valence-corrected chi connectivity index (χ0v) is 12.3. The van der Waals surface area contributed by atoms with Gasteiger partial charge in [0, 0.05) is 18.7 Å². The first-order valence-corrected chi connectivity index (χ1v) is 8.38. The summed E-state index contributed by atoms with van der Waals surface area (Å²) in [5.74, 6) is 5.58. The number of benzene rings is 1. The molecule has 20 heavy (non-hydrogen) atoms. The van der Waals surface area contributed by atoms with E-state index in [1.54, 1.807) is 28.6 Å². The molecule has 1 aromatic rings. The molecule has 1 aromatic carbocycles. The van der Waals surface area contributed by atoms with E-state index in [2.05, 4.69) is 11.8 Å². The van der Waals surface area contributed by atoms with E-state index in [1.165, 1.54) is 0 Å². The number of hydrogen-bond donors (Lipinski definition) is 1. The molecule has 0 spiro atoms. The van der Waals surface area contributed by atoms with Crippen molar-refractivity contribution >= 4 is 10.0 Å². The lowest BCUT2D eigenvalue weighted by Crippen LogP contribution is -2.32. The first-order chi connectivity index (χ1) is 9.66. The van der Waals surface area contributed by atoms with Crippen molar-refractivity contribution in [1.29, 1.82) is 0 Å². The third kappa shape index (κ3) is 3.40. The predicted molar refractivity (Wildman–Crippen MR) is 79.6 cm³/mol. The van der Waals surface area contributed by atoms with Gasteiger partial charge >= 0.3 is 0 Å². The molecule has 2 N–H and O–H groups in total. The second-order valence-electron chi connectivity index (χ2n) is 4.82. The molecule has 0 bridgehead atoms. The summed E-state index contributed by atoms with van der Waals surface area (Å²) in [7, 11) is -3.46. The van der Waals surface area contributed by atoms with E-state index < -0.39 is 10.0 Å². The van der Waals surface area contributed by atoms with Crippen LogP contribution in [0, 0.1) is 11.8 Å². The van der Waals surface area contributed by atoms with E-state index >= 15 is 0 Å². The van der Waals surface area contributed by atoms with Crippen LogP contribution in [0.15, 0.2) is 29.2 Å². The normalized spacial score (nSPS) is 17.1. The third-order valence-corrected chi connectivity index (χ3v) is 5.35. The highest BCUT2D eigenvalue weighted by atomic mass is 32.2. The van der Waals surface area contributed by atoms with Crippen LogP contribution < -0.4 is 5.73 Å². The van der Waals surface area contributed by atoms with Gasteiger partial charge in [0.15, 0.2) is 0 Å². The van der Waals surface area contributed by atoms with Gasteiger partial charge < -0.3 is 5.73 Å². The van der Waals surface area contributed by atoms with Gasteiger partial charge in [0.1, 0.15) is 0 Å². The molecule has 0 radical (unpaired) electrons. The summed E-state index contributed by atoms with van der Waals surface area (Å²) < 4.78 is 27.1. The molecule has 1 heterocycles. The van der Waals surface area contributed by atoms with Crippen molar-refractivity contribution in [1.82, 2.24) is 4.31 Å². The van der Waals surface area contributed by atoms with Gasteiger partial charge in [-0.05, 0) is 25.0 Å². The topological polar surface area (TPSA) is 63.4 Å². The fraction of sp³-hybridized carbons (Fsp3) is 0.467. The first-order valence-electron chi connectivity index (χ1n) is 6.94. The Kier molecular flexibility index (Phi) is 5.18. The smallest absolute Gasteiger partial charge is 0.244 e. The highest BCUT2D eigenvalue weighted by molar-refractivity contribution is 7.89. The Morgan fingerprint density at radius 1 is 1.10 bits per heavy atom. The summed E-state index contributed by atoms with van der Waals surface area (Å²) in [5.41, 5.74) is 5.90. The van der Waals surface area contributed by atoms with Crippen LogP contribution in [0.3, 0.4) is 0 Å². The summed E-state index contributed by atoms with van der Waals surface area (Å²) in [6, 6.07) is 6.88. The van der Waals surface area contributed by atoms with Crippen molar-refractivity contribution in [2.45, 2.75) is 30.6 Å². The molecule has 0 aliphatic carbocycles. The molecule has 0 aromatic heterocycles. The fourth-order valence-electron chi connectivity index (χ4n) is 2.36. The Balaban J connectivity index is 2.38. The number of rotatable bonds is 2. The van der Waals surface area contributed by atoms with Gasteiger partial charge in [-0.1, -0.05) is 36.8 Å². The minimum atomic E-state index is -3.46. The molecule has 1 fully saturated rings. The molecular weight excluding hydrogens is 272 g/mol. The monoisotopic (exact) mass is 292 g/mol. The molecule has 0 saturated carbocycles. The van der Waals surface area contributed by atoms with Crippen LogP contribution in [0.25, 0.3) is 0 Å². The van der Waals surface area contributed by atoms with Crippen molar-refractivity contribution in [2.24, 2.45) is 5.73 Å². The maximum Gasteiger partial charge on any atom is 0.244 e. The van der Waals surface area contributed by atoms with Gasteiger partial charge in [0.2, 0.25) is 10.0 Å². The van der Waals surface area contributed by atoms with Crippen LogP contribution in [0.5, 0.6) is 0 Å². The van der Waals surface area contributed by atoms with Crippen LogP contribution >= 0.6 is 0 Å². The SMILES string of the molecule is NCC#Cc1ccccc1S(=O)(=O)N1CCCCCC1. The average Bonchev–Trinajstić information content (AvgIpc) is 2.75. The summed E-state index contributed by atoms with van der Waals surface area (Å²) >= 11 is 0. The minimum absolute atomic E-state index is 0.220. The lowest BCUT2D eigenvalue weighted by molar-refractivity contribution is 0.423. The van der Waals surface area contributed by atoms with E-state index in [0.717, 1.165) is 25.7 Å². The molecule has 0 unspecified atom stereocenters. The maximum absolute atomic E-state index is 12.8. The van der Waals surface area contributed by atoms with Crippen LogP contribution in [-0.4, -0.2) is 32.4 Å². The molecule has 4 nitrogen and oxygen atoms in total. The van der Waals surface area contributed by atoms with Crippen molar-refractivity contribution < 1.29 is 8.42 Å². The molecule has 1 aliphatic heterocycles. The Morgan fingerprint density at radius 3 is 2.40 bits per heavy atom. The second kappa shape index (κ2) is 6.89. The number of nitrogens with zero attached hydrogens (tertiary/aromatic N) is 1. The van der Waals surface area contributed by atoms with Crippen LogP contribution in [0.2, 0.25) is 0 Å². The van der Waals surface area contributed by atoms with E-state index in [0.29, 0.717) is 23.5 Å². The number of hydrogen-bond acceptors (Lipinski definition) is 3. The molecule has 1 saturated heterocycles. The van der Waals surface area contributed by atoms with E-state index in [4.69, 9.17) is 5.73 Å². The van der Waals surface area contributed by atoms with Gasteiger partial charge in [-0.2, -0.15) is 4.31 Å². The molecule has 0 atom stereocenters. The highest BCUT2D eigenvalue weighted by Gasteiger charge is 2.26. The lowest BCUT2D eigenvalue weighted by atomic mass is 10.2. The summed E-state index contributed by atoms with van der Waals surface area (Å²) in [4.78, 5) is 0.294. The van der Waals surface area contributed by atoms with Crippen LogP contribution in [-0.2, 0) is 10.0 Å². The fourth-order valence-corrected chi connectivity index (χ4v) is 4.03. The van der Waals surface area contributed by atoms with Gasteiger partial charge in [-0.15, -0.1) is 0 Å².